The summed E-state index contributed by atoms with van der Waals surface area (Å²) in [4.78, 5) is 0. The minimum Gasteiger partial charge on any atom is -0.496 e. The van der Waals surface area contributed by atoms with Crippen molar-refractivity contribution in [3.8, 4) is 11.5 Å². The van der Waals surface area contributed by atoms with Gasteiger partial charge in [-0.25, -0.2) is 0 Å². The van der Waals surface area contributed by atoms with Crippen LogP contribution in [-0.4, -0.2) is 13.5 Å². The fourth-order valence-corrected chi connectivity index (χ4v) is 1.51. The fraction of sp³-hybridized carbons (Fsp3) is 0.333. The van der Waals surface area contributed by atoms with Crippen molar-refractivity contribution in [2.24, 2.45) is 5.73 Å². The molecule has 1 rings (SSSR count). The van der Waals surface area contributed by atoms with Gasteiger partial charge in [0.2, 0.25) is 0 Å². The summed E-state index contributed by atoms with van der Waals surface area (Å²) in [6, 6.07) is 3.30. The van der Waals surface area contributed by atoms with E-state index in [1.165, 1.54) is 25.3 Å². The molecule has 1 aromatic carbocycles. The molecule has 0 saturated carbocycles. The van der Waals surface area contributed by atoms with Gasteiger partial charge in [-0.2, -0.15) is 0 Å². The van der Waals surface area contributed by atoms with Gasteiger partial charge in [0.05, 0.1) is 7.11 Å². The molecule has 0 aliphatic heterocycles. The second-order valence-corrected chi connectivity index (χ2v) is 3.58. The van der Waals surface area contributed by atoms with E-state index in [9.17, 15) is 13.2 Å². The lowest BCUT2D eigenvalue weighted by Crippen LogP contribution is -2.18. The number of nitrogens with two attached hydrogens (primary N) is 1. The fourth-order valence-electron chi connectivity index (χ4n) is 1.51. The van der Waals surface area contributed by atoms with Crippen LogP contribution in [0.4, 0.5) is 13.2 Å². The standard InChI is InChI=1S/C12H14F3NO2.ClH/c1-3-4-10(16)9-7-8(18-12(13,14)15)5-6-11(9)17-2;/h3,5-7,10H,1,4,16H2,2H3;1H/t10-;/m1./s1. The van der Waals surface area contributed by atoms with E-state index in [0.29, 0.717) is 17.7 Å². The second-order valence-electron chi connectivity index (χ2n) is 3.58. The van der Waals surface area contributed by atoms with Gasteiger partial charge in [0.25, 0.3) is 0 Å². The van der Waals surface area contributed by atoms with Crippen LogP contribution in [0.5, 0.6) is 11.5 Å². The number of hydrogen-bond acceptors (Lipinski definition) is 3. The quantitative estimate of drug-likeness (QED) is 0.845. The Bertz CT molecular complexity index is 424. The first-order chi connectivity index (χ1) is 8.37. The highest BCUT2D eigenvalue weighted by atomic mass is 35.5. The predicted octanol–water partition coefficient (Wildman–Crippen LogP) is 3.59. The molecule has 0 aliphatic carbocycles. The monoisotopic (exact) mass is 297 g/mol. The molecule has 0 aromatic heterocycles. The highest BCUT2D eigenvalue weighted by Gasteiger charge is 2.31. The molecule has 1 aromatic rings. The summed E-state index contributed by atoms with van der Waals surface area (Å²) in [5, 5.41) is 0. The molecule has 0 heterocycles. The van der Waals surface area contributed by atoms with Gasteiger partial charge in [0.1, 0.15) is 11.5 Å². The lowest BCUT2D eigenvalue weighted by Gasteiger charge is -2.16. The van der Waals surface area contributed by atoms with Crippen LogP contribution in [0.15, 0.2) is 30.9 Å². The summed E-state index contributed by atoms with van der Waals surface area (Å²) in [5.74, 6) is 0.0942. The zero-order valence-corrected chi connectivity index (χ0v) is 11.1. The van der Waals surface area contributed by atoms with Gasteiger partial charge in [-0.05, 0) is 24.6 Å². The Labute approximate surface area is 115 Å². The second kappa shape index (κ2) is 7.25. The minimum atomic E-state index is -4.73. The average Bonchev–Trinajstić information content (AvgIpc) is 2.27. The predicted molar refractivity (Wildman–Crippen MR) is 68.7 cm³/mol. The van der Waals surface area contributed by atoms with Gasteiger partial charge in [-0.1, -0.05) is 6.08 Å². The first-order valence-corrected chi connectivity index (χ1v) is 5.17. The molecule has 0 aliphatic rings. The van der Waals surface area contributed by atoms with Crippen LogP contribution in [0.1, 0.15) is 18.0 Å². The van der Waals surface area contributed by atoms with Gasteiger partial charge in [-0.15, -0.1) is 32.2 Å². The van der Waals surface area contributed by atoms with Crippen LogP contribution in [-0.2, 0) is 0 Å². The van der Waals surface area contributed by atoms with Gasteiger partial charge in [0.15, 0.2) is 0 Å². The van der Waals surface area contributed by atoms with Crippen LogP contribution >= 0.6 is 12.4 Å². The van der Waals surface area contributed by atoms with E-state index in [0.717, 1.165) is 0 Å². The first kappa shape index (κ1) is 17.6. The van der Waals surface area contributed by atoms with Gasteiger partial charge in [0, 0.05) is 11.6 Å². The zero-order valence-electron chi connectivity index (χ0n) is 10.2. The van der Waals surface area contributed by atoms with E-state index in [1.807, 2.05) is 0 Å². The molecule has 1 atom stereocenters. The lowest BCUT2D eigenvalue weighted by molar-refractivity contribution is -0.274. The SMILES string of the molecule is C=CC[C@@H](N)c1cc(OC(F)(F)F)ccc1OC.Cl. The molecule has 19 heavy (non-hydrogen) atoms. The summed E-state index contributed by atoms with van der Waals surface area (Å²) in [7, 11) is 1.42. The third-order valence-corrected chi connectivity index (χ3v) is 2.25. The number of alkyl halides is 3. The highest BCUT2D eigenvalue weighted by Crippen LogP contribution is 2.32. The number of hydrogen-bond donors (Lipinski definition) is 1. The van der Waals surface area contributed by atoms with E-state index < -0.39 is 12.4 Å². The van der Waals surface area contributed by atoms with Crippen molar-refractivity contribution in [2.45, 2.75) is 18.8 Å². The Morgan fingerprint density at radius 2 is 2.05 bits per heavy atom. The maximum absolute atomic E-state index is 12.1. The largest absolute Gasteiger partial charge is 0.573 e. The Balaban J connectivity index is 0.00000324. The summed E-state index contributed by atoms with van der Waals surface area (Å²) in [6.45, 7) is 3.53. The summed E-state index contributed by atoms with van der Waals surface area (Å²) in [5.41, 5.74) is 6.27. The molecular weight excluding hydrogens is 283 g/mol. The third kappa shape index (κ3) is 5.40. The van der Waals surface area contributed by atoms with E-state index in [1.54, 1.807) is 6.08 Å². The van der Waals surface area contributed by atoms with Crippen molar-refractivity contribution in [2.75, 3.05) is 7.11 Å². The van der Waals surface area contributed by atoms with Crippen molar-refractivity contribution >= 4 is 12.4 Å². The van der Waals surface area contributed by atoms with Crippen LogP contribution in [0, 0.1) is 0 Å². The van der Waals surface area contributed by atoms with Crippen molar-refractivity contribution in [3.63, 3.8) is 0 Å². The molecule has 3 nitrogen and oxygen atoms in total. The molecule has 0 bridgehead atoms. The Morgan fingerprint density at radius 3 is 2.53 bits per heavy atom. The molecule has 0 radical (unpaired) electrons. The molecule has 0 amide bonds. The lowest BCUT2D eigenvalue weighted by atomic mass is 10.0. The molecule has 7 heteroatoms. The maximum Gasteiger partial charge on any atom is 0.573 e. The Kier molecular flexibility index (Phi) is 6.72. The van der Waals surface area contributed by atoms with Crippen LogP contribution < -0.4 is 15.2 Å². The van der Waals surface area contributed by atoms with Crippen LogP contribution in [0.2, 0.25) is 0 Å². The van der Waals surface area contributed by atoms with E-state index in [2.05, 4.69) is 11.3 Å². The van der Waals surface area contributed by atoms with E-state index >= 15 is 0 Å². The number of benzene rings is 1. The number of methoxy groups -OCH3 is 1. The molecule has 0 fully saturated rings. The van der Waals surface area contributed by atoms with Gasteiger partial charge < -0.3 is 15.2 Å². The van der Waals surface area contributed by atoms with Gasteiger partial charge >= 0.3 is 6.36 Å². The van der Waals surface area contributed by atoms with Gasteiger partial charge in [-0.3, -0.25) is 0 Å². The smallest absolute Gasteiger partial charge is 0.496 e. The van der Waals surface area contributed by atoms with E-state index in [4.69, 9.17) is 10.5 Å². The molecule has 0 spiro atoms. The van der Waals surface area contributed by atoms with Crippen LogP contribution in [0.3, 0.4) is 0 Å². The molecule has 0 saturated heterocycles. The molecule has 108 valence electrons. The minimum absolute atomic E-state index is 0. The maximum atomic E-state index is 12.1. The highest BCUT2D eigenvalue weighted by molar-refractivity contribution is 5.85. The van der Waals surface area contributed by atoms with Crippen molar-refractivity contribution in [3.05, 3.63) is 36.4 Å². The number of ether oxygens (including phenoxy) is 2. The average molecular weight is 298 g/mol. The van der Waals surface area contributed by atoms with Crippen LogP contribution in [0.25, 0.3) is 0 Å². The number of rotatable bonds is 5. The third-order valence-electron chi connectivity index (χ3n) is 2.25. The van der Waals surface area contributed by atoms with Crippen molar-refractivity contribution < 1.29 is 22.6 Å². The first-order valence-electron chi connectivity index (χ1n) is 5.17. The summed E-state index contributed by atoms with van der Waals surface area (Å²) >= 11 is 0. The Morgan fingerprint density at radius 1 is 1.42 bits per heavy atom. The molecule has 0 unspecified atom stereocenters. The van der Waals surface area contributed by atoms with Crippen molar-refractivity contribution in [1.82, 2.24) is 0 Å². The topological polar surface area (TPSA) is 44.5 Å². The Hall–Kier alpha value is -1.40. The number of halogens is 4. The summed E-state index contributed by atoms with van der Waals surface area (Å²) < 4.78 is 45.2. The zero-order chi connectivity index (χ0) is 13.8. The molecule has 2 N–H and O–H groups in total. The summed E-state index contributed by atoms with van der Waals surface area (Å²) in [6.07, 6.45) is -2.72. The van der Waals surface area contributed by atoms with Crippen molar-refractivity contribution in [1.29, 1.82) is 0 Å². The normalized spacial score (nSPS) is 12.3. The van der Waals surface area contributed by atoms with E-state index in [-0.39, 0.29) is 18.2 Å². The molecular formula is C12H15ClF3NO2.